The molecule has 0 N–H and O–H groups in total. The van der Waals surface area contributed by atoms with Crippen LogP contribution in [-0.2, 0) is 14.6 Å². The first-order chi connectivity index (χ1) is 9.93. The van der Waals surface area contributed by atoms with Crippen LogP contribution in [0.15, 0.2) is 29.2 Å². The zero-order valence-corrected chi connectivity index (χ0v) is 13.2. The molecule has 116 valence electrons. The Morgan fingerprint density at radius 1 is 1.38 bits per heavy atom. The number of amides is 1. The highest BCUT2D eigenvalue weighted by molar-refractivity contribution is 7.90. The van der Waals surface area contributed by atoms with Crippen molar-refractivity contribution in [1.82, 2.24) is 4.90 Å². The van der Waals surface area contributed by atoms with Crippen LogP contribution < -0.4 is 0 Å². The normalized spacial score (nSPS) is 18.7. The van der Waals surface area contributed by atoms with Gasteiger partial charge in [-0.3, -0.25) is 4.79 Å². The topological polar surface area (TPSA) is 63.7 Å². The molecule has 0 bridgehead atoms. The molecule has 0 aromatic heterocycles. The van der Waals surface area contributed by atoms with Gasteiger partial charge in [-0.15, -0.1) is 0 Å². The third-order valence-electron chi connectivity index (χ3n) is 3.69. The van der Waals surface area contributed by atoms with E-state index >= 15 is 0 Å². The summed E-state index contributed by atoms with van der Waals surface area (Å²) in [6.07, 6.45) is 2.07. The van der Waals surface area contributed by atoms with Gasteiger partial charge in [-0.1, -0.05) is 12.1 Å². The van der Waals surface area contributed by atoms with E-state index in [9.17, 15) is 13.2 Å². The molecule has 1 heterocycles. The molecule has 1 aromatic rings. The van der Waals surface area contributed by atoms with Gasteiger partial charge in [0.15, 0.2) is 9.84 Å². The van der Waals surface area contributed by atoms with Crippen molar-refractivity contribution in [2.75, 3.05) is 32.6 Å². The molecule has 0 aliphatic carbocycles. The van der Waals surface area contributed by atoms with Crippen LogP contribution in [0.1, 0.15) is 23.7 Å². The van der Waals surface area contributed by atoms with Crippen LogP contribution in [0.5, 0.6) is 0 Å². The number of nitrogens with zero attached hydrogens (tertiary/aromatic N) is 1. The smallest absolute Gasteiger partial charge is 0.255 e. The van der Waals surface area contributed by atoms with Crippen LogP contribution in [0.3, 0.4) is 0 Å². The van der Waals surface area contributed by atoms with E-state index in [1.54, 1.807) is 23.1 Å². The standard InChI is InChI=1S/C15H21NO4S/c1-3-16(10-12-8-9-20-11-12)15(17)13-6-4-5-7-14(13)21(2,18)19/h4-7,12H,3,8-11H2,1-2H3/t12-/m1/s1. The fourth-order valence-electron chi connectivity index (χ4n) is 2.53. The molecule has 5 nitrogen and oxygen atoms in total. The van der Waals surface area contributed by atoms with E-state index < -0.39 is 9.84 Å². The summed E-state index contributed by atoms with van der Waals surface area (Å²) in [5, 5.41) is 0. The van der Waals surface area contributed by atoms with Gasteiger partial charge in [0.1, 0.15) is 0 Å². The second kappa shape index (κ2) is 6.58. The molecule has 2 rings (SSSR count). The van der Waals surface area contributed by atoms with Gasteiger partial charge in [0, 0.05) is 31.9 Å². The summed E-state index contributed by atoms with van der Waals surface area (Å²) in [6.45, 7) is 4.45. The van der Waals surface area contributed by atoms with E-state index in [0.29, 0.717) is 25.6 Å². The van der Waals surface area contributed by atoms with Gasteiger partial charge >= 0.3 is 0 Å². The van der Waals surface area contributed by atoms with Gasteiger partial charge in [0.25, 0.3) is 5.91 Å². The summed E-state index contributed by atoms with van der Waals surface area (Å²) >= 11 is 0. The number of hydrogen-bond donors (Lipinski definition) is 0. The predicted octanol–water partition coefficient (Wildman–Crippen LogP) is 1.59. The molecule has 1 atom stereocenters. The summed E-state index contributed by atoms with van der Waals surface area (Å²) in [5.41, 5.74) is 0.251. The van der Waals surface area contributed by atoms with E-state index in [0.717, 1.165) is 19.3 Å². The zero-order valence-electron chi connectivity index (χ0n) is 12.4. The lowest BCUT2D eigenvalue weighted by molar-refractivity contribution is 0.0727. The van der Waals surface area contributed by atoms with Crippen LogP contribution in [0, 0.1) is 5.92 Å². The molecule has 0 radical (unpaired) electrons. The van der Waals surface area contributed by atoms with Crippen molar-refractivity contribution in [3.8, 4) is 0 Å². The van der Waals surface area contributed by atoms with Crippen LogP contribution >= 0.6 is 0 Å². The fraction of sp³-hybridized carbons (Fsp3) is 0.533. The maximum absolute atomic E-state index is 12.7. The Balaban J connectivity index is 2.25. The van der Waals surface area contributed by atoms with Gasteiger partial charge in [-0.25, -0.2) is 8.42 Å². The Hall–Kier alpha value is -1.40. The Bertz CT molecular complexity index is 606. The Labute approximate surface area is 125 Å². The van der Waals surface area contributed by atoms with Crippen molar-refractivity contribution < 1.29 is 17.9 Å². The van der Waals surface area contributed by atoms with Gasteiger partial charge < -0.3 is 9.64 Å². The Morgan fingerprint density at radius 2 is 2.10 bits per heavy atom. The maximum atomic E-state index is 12.7. The van der Waals surface area contributed by atoms with Crippen LogP contribution in [0.4, 0.5) is 0 Å². The first kappa shape index (κ1) is 16.0. The molecular weight excluding hydrogens is 290 g/mol. The molecule has 1 fully saturated rings. The first-order valence-electron chi connectivity index (χ1n) is 7.09. The highest BCUT2D eigenvalue weighted by Gasteiger charge is 2.25. The van der Waals surface area contributed by atoms with Crippen molar-refractivity contribution in [2.24, 2.45) is 5.92 Å². The first-order valence-corrected chi connectivity index (χ1v) is 8.98. The zero-order chi connectivity index (χ0) is 15.5. The molecule has 1 aromatic carbocycles. The van der Waals surface area contributed by atoms with Crippen LogP contribution in [-0.4, -0.2) is 51.8 Å². The van der Waals surface area contributed by atoms with Crippen molar-refractivity contribution in [3.05, 3.63) is 29.8 Å². The number of hydrogen-bond acceptors (Lipinski definition) is 4. The summed E-state index contributed by atoms with van der Waals surface area (Å²) < 4.78 is 29.0. The molecule has 0 spiro atoms. The number of carbonyl (C=O) groups excluding carboxylic acids is 1. The van der Waals surface area contributed by atoms with Crippen molar-refractivity contribution >= 4 is 15.7 Å². The quantitative estimate of drug-likeness (QED) is 0.828. The van der Waals surface area contributed by atoms with E-state index in [4.69, 9.17) is 4.74 Å². The minimum Gasteiger partial charge on any atom is -0.381 e. The van der Waals surface area contributed by atoms with Crippen LogP contribution in [0.2, 0.25) is 0 Å². The predicted molar refractivity (Wildman–Crippen MR) is 80.1 cm³/mol. The number of carbonyl (C=O) groups is 1. The van der Waals surface area contributed by atoms with Crippen molar-refractivity contribution in [2.45, 2.75) is 18.2 Å². The molecule has 1 aliphatic heterocycles. The Morgan fingerprint density at radius 3 is 2.67 bits per heavy atom. The van der Waals surface area contributed by atoms with Gasteiger partial charge in [-0.05, 0) is 25.5 Å². The lowest BCUT2D eigenvalue weighted by Gasteiger charge is -2.24. The number of ether oxygens (including phenoxy) is 1. The number of benzene rings is 1. The van der Waals surface area contributed by atoms with Gasteiger partial charge in [0.2, 0.25) is 0 Å². The molecule has 0 unspecified atom stereocenters. The third-order valence-corrected chi connectivity index (χ3v) is 4.84. The Kier molecular flexibility index (Phi) is 5.00. The summed E-state index contributed by atoms with van der Waals surface area (Å²) in [6, 6.07) is 6.38. The van der Waals surface area contributed by atoms with E-state index in [1.165, 1.54) is 6.07 Å². The monoisotopic (exact) mass is 311 g/mol. The van der Waals surface area contributed by atoms with Gasteiger partial charge in [-0.2, -0.15) is 0 Å². The minimum atomic E-state index is -3.42. The third kappa shape index (κ3) is 3.83. The van der Waals surface area contributed by atoms with Crippen LogP contribution in [0.25, 0.3) is 0 Å². The second-order valence-electron chi connectivity index (χ2n) is 5.34. The number of sulfone groups is 1. The minimum absolute atomic E-state index is 0.0936. The molecule has 1 amide bonds. The summed E-state index contributed by atoms with van der Waals surface area (Å²) in [5.74, 6) is 0.102. The molecule has 0 saturated carbocycles. The molecule has 1 saturated heterocycles. The second-order valence-corrected chi connectivity index (χ2v) is 7.33. The fourth-order valence-corrected chi connectivity index (χ4v) is 3.41. The summed E-state index contributed by atoms with van der Waals surface area (Å²) in [4.78, 5) is 14.4. The SMILES string of the molecule is CCN(C[C@H]1CCOC1)C(=O)c1ccccc1S(C)(=O)=O. The molecule has 21 heavy (non-hydrogen) atoms. The highest BCUT2D eigenvalue weighted by atomic mass is 32.2. The maximum Gasteiger partial charge on any atom is 0.255 e. The van der Waals surface area contributed by atoms with Crippen molar-refractivity contribution in [3.63, 3.8) is 0 Å². The average Bonchev–Trinajstić information content (AvgIpc) is 2.96. The molecule has 6 heteroatoms. The van der Waals surface area contributed by atoms with Crippen molar-refractivity contribution in [1.29, 1.82) is 0 Å². The summed E-state index contributed by atoms with van der Waals surface area (Å²) in [7, 11) is -3.42. The highest BCUT2D eigenvalue weighted by Crippen LogP contribution is 2.20. The molecular formula is C15H21NO4S. The lowest BCUT2D eigenvalue weighted by atomic mass is 10.1. The van der Waals surface area contributed by atoms with E-state index in [1.807, 2.05) is 6.92 Å². The lowest BCUT2D eigenvalue weighted by Crippen LogP contribution is -2.36. The van der Waals surface area contributed by atoms with E-state index in [2.05, 4.69) is 0 Å². The van der Waals surface area contributed by atoms with E-state index in [-0.39, 0.29) is 16.4 Å². The van der Waals surface area contributed by atoms with Gasteiger partial charge in [0.05, 0.1) is 17.1 Å². The number of rotatable bonds is 5. The average molecular weight is 311 g/mol. The largest absolute Gasteiger partial charge is 0.381 e. The molecule has 1 aliphatic rings.